The number of guanidine groups is 1. The summed E-state index contributed by atoms with van der Waals surface area (Å²) in [6.07, 6.45) is 3.50. The number of thiazole rings is 1. The van der Waals surface area contributed by atoms with Gasteiger partial charge in [0.2, 0.25) is 0 Å². The van der Waals surface area contributed by atoms with E-state index < -0.39 is 0 Å². The Kier molecular flexibility index (Phi) is 8.69. The number of thioether (sulfide) groups is 1. The van der Waals surface area contributed by atoms with E-state index in [-0.39, 0.29) is 24.0 Å². The van der Waals surface area contributed by atoms with Gasteiger partial charge < -0.3 is 10.6 Å². The van der Waals surface area contributed by atoms with Gasteiger partial charge in [0.1, 0.15) is 5.01 Å². The van der Waals surface area contributed by atoms with E-state index in [1.54, 1.807) is 11.3 Å². The molecule has 0 aliphatic carbocycles. The minimum atomic E-state index is 0. The van der Waals surface area contributed by atoms with Gasteiger partial charge in [0.15, 0.2) is 5.96 Å². The lowest BCUT2D eigenvalue weighted by molar-refractivity contribution is 0.584. The number of aliphatic imine (C=N–C) groups is 1. The van der Waals surface area contributed by atoms with Gasteiger partial charge in [-0.3, -0.25) is 4.99 Å². The second kappa shape index (κ2) is 10.5. The summed E-state index contributed by atoms with van der Waals surface area (Å²) >= 11 is 3.77. The van der Waals surface area contributed by atoms with Crippen molar-refractivity contribution in [3.05, 3.63) is 41.4 Å². The molecule has 1 saturated heterocycles. The Bertz CT molecular complexity index is 697. The predicted molar refractivity (Wildman–Crippen MR) is 126 cm³/mol. The van der Waals surface area contributed by atoms with Crippen molar-refractivity contribution in [2.24, 2.45) is 4.99 Å². The lowest BCUT2D eigenvalue weighted by Crippen LogP contribution is -2.44. The number of hydrogen-bond donors (Lipinski definition) is 2. The molecule has 3 rings (SSSR count). The van der Waals surface area contributed by atoms with Crippen LogP contribution >= 0.6 is 47.1 Å². The topological polar surface area (TPSA) is 49.3 Å². The highest BCUT2D eigenvalue weighted by molar-refractivity contribution is 14.0. The Morgan fingerprint density at radius 3 is 2.77 bits per heavy atom. The van der Waals surface area contributed by atoms with Gasteiger partial charge in [0.05, 0.1) is 5.69 Å². The number of nitrogens with one attached hydrogen (secondary N) is 2. The highest BCUT2D eigenvalue weighted by Gasteiger charge is 2.29. The first-order chi connectivity index (χ1) is 12.2. The Hall–Kier alpha value is -0.800. The fourth-order valence-corrected chi connectivity index (χ4v) is 5.02. The molecule has 142 valence electrons. The van der Waals surface area contributed by atoms with Gasteiger partial charge in [0.25, 0.3) is 0 Å². The third kappa shape index (κ3) is 6.13. The molecule has 1 aliphatic rings. The van der Waals surface area contributed by atoms with Crippen LogP contribution < -0.4 is 10.6 Å². The van der Waals surface area contributed by atoms with Crippen LogP contribution in [0.2, 0.25) is 0 Å². The van der Waals surface area contributed by atoms with E-state index in [0.29, 0.717) is 4.75 Å². The molecule has 1 fully saturated rings. The number of rotatable bonds is 6. The molecule has 0 saturated carbocycles. The van der Waals surface area contributed by atoms with E-state index in [1.165, 1.54) is 24.2 Å². The van der Waals surface area contributed by atoms with Gasteiger partial charge in [-0.05, 0) is 25.5 Å². The molecule has 1 aliphatic heterocycles. The van der Waals surface area contributed by atoms with Crippen LogP contribution in [0, 0.1) is 0 Å². The second-order valence-electron chi connectivity index (χ2n) is 6.51. The molecule has 2 heterocycles. The molecule has 2 N–H and O–H groups in total. The Morgan fingerprint density at radius 1 is 1.27 bits per heavy atom. The molecule has 2 aromatic rings. The average molecular weight is 502 g/mol. The molecule has 1 aromatic heterocycles. The molecule has 1 aromatic carbocycles. The van der Waals surface area contributed by atoms with Crippen molar-refractivity contribution >= 4 is 53.0 Å². The van der Waals surface area contributed by atoms with Crippen LogP contribution in [0.1, 0.15) is 25.5 Å². The third-order valence-corrected chi connectivity index (χ3v) is 6.88. The summed E-state index contributed by atoms with van der Waals surface area (Å²) < 4.78 is 0.344. The maximum atomic E-state index is 4.74. The van der Waals surface area contributed by atoms with Gasteiger partial charge in [-0.15, -0.1) is 35.3 Å². The molecule has 4 nitrogen and oxygen atoms in total. The molecule has 1 unspecified atom stereocenters. The van der Waals surface area contributed by atoms with Crippen molar-refractivity contribution in [2.45, 2.75) is 30.9 Å². The first-order valence-corrected chi connectivity index (χ1v) is 10.6. The van der Waals surface area contributed by atoms with Crippen molar-refractivity contribution in [2.75, 3.05) is 25.9 Å². The molecular weight excluding hydrogens is 475 g/mol. The van der Waals surface area contributed by atoms with E-state index in [2.05, 4.69) is 64.0 Å². The van der Waals surface area contributed by atoms with Gasteiger partial charge >= 0.3 is 0 Å². The maximum absolute atomic E-state index is 4.74. The number of benzene rings is 1. The normalized spacial score (nSPS) is 19.8. The van der Waals surface area contributed by atoms with Gasteiger partial charge in [-0.2, -0.15) is 11.8 Å². The standard InChI is InChI=1S/C19H26N4S2.HI/c1-19(10-6-12-25-19)14-22-18(20-2)21-11-9-16-13-24-17(23-16)15-7-4-3-5-8-15;/h3-5,7-8,13H,6,9-12,14H2,1-2H3,(H2,20,21,22);1H. The highest BCUT2D eigenvalue weighted by Crippen LogP contribution is 2.36. The predicted octanol–water partition coefficient (Wildman–Crippen LogP) is 4.42. The Labute approximate surface area is 181 Å². The van der Waals surface area contributed by atoms with Crippen LogP contribution in [0.4, 0.5) is 0 Å². The quantitative estimate of drug-likeness (QED) is 0.349. The summed E-state index contributed by atoms with van der Waals surface area (Å²) in [5.41, 5.74) is 2.32. The molecule has 0 bridgehead atoms. The summed E-state index contributed by atoms with van der Waals surface area (Å²) in [6, 6.07) is 10.3. The minimum absolute atomic E-state index is 0. The molecule has 7 heteroatoms. The minimum Gasteiger partial charge on any atom is -0.356 e. The van der Waals surface area contributed by atoms with Crippen LogP contribution in [0.3, 0.4) is 0 Å². The monoisotopic (exact) mass is 502 g/mol. The van der Waals surface area contributed by atoms with Crippen LogP contribution in [0.25, 0.3) is 10.6 Å². The van der Waals surface area contributed by atoms with E-state index in [1.807, 2.05) is 13.1 Å². The lowest BCUT2D eigenvalue weighted by Gasteiger charge is -2.24. The summed E-state index contributed by atoms with van der Waals surface area (Å²) in [6.45, 7) is 4.14. The summed E-state index contributed by atoms with van der Waals surface area (Å²) in [5.74, 6) is 2.16. The number of aromatic nitrogens is 1. The third-order valence-electron chi connectivity index (χ3n) is 4.40. The number of hydrogen-bond acceptors (Lipinski definition) is 4. The first kappa shape index (κ1) is 21.5. The van der Waals surface area contributed by atoms with Gasteiger partial charge in [-0.25, -0.2) is 4.98 Å². The molecule has 26 heavy (non-hydrogen) atoms. The summed E-state index contributed by atoms with van der Waals surface area (Å²) in [4.78, 5) is 9.07. The van der Waals surface area contributed by atoms with E-state index >= 15 is 0 Å². The highest BCUT2D eigenvalue weighted by atomic mass is 127. The fraction of sp³-hybridized carbons (Fsp3) is 0.474. The van der Waals surface area contributed by atoms with Gasteiger partial charge in [0, 0.05) is 42.2 Å². The maximum Gasteiger partial charge on any atom is 0.191 e. The summed E-state index contributed by atoms with van der Waals surface area (Å²) in [7, 11) is 1.83. The van der Waals surface area contributed by atoms with E-state index in [4.69, 9.17) is 4.98 Å². The molecule has 0 amide bonds. The number of halogens is 1. The van der Waals surface area contributed by atoms with Crippen molar-refractivity contribution in [3.63, 3.8) is 0 Å². The Morgan fingerprint density at radius 2 is 2.08 bits per heavy atom. The molecule has 1 atom stereocenters. The second-order valence-corrected chi connectivity index (χ2v) is 9.06. The van der Waals surface area contributed by atoms with Crippen molar-refractivity contribution in [3.8, 4) is 10.6 Å². The first-order valence-electron chi connectivity index (χ1n) is 8.77. The molecule has 0 radical (unpaired) electrons. The van der Waals surface area contributed by atoms with Crippen LogP contribution in [-0.4, -0.2) is 41.6 Å². The smallest absolute Gasteiger partial charge is 0.191 e. The largest absolute Gasteiger partial charge is 0.356 e. The lowest BCUT2D eigenvalue weighted by atomic mass is 10.1. The molecular formula is C19H27IN4S2. The van der Waals surface area contributed by atoms with Crippen LogP contribution in [0.5, 0.6) is 0 Å². The van der Waals surface area contributed by atoms with Crippen LogP contribution in [0.15, 0.2) is 40.7 Å². The molecule has 0 spiro atoms. The van der Waals surface area contributed by atoms with Crippen molar-refractivity contribution < 1.29 is 0 Å². The zero-order chi connectivity index (χ0) is 17.5. The van der Waals surface area contributed by atoms with Crippen molar-refractivity contribution in [1.82, 2.24) is 15.6 Å². The zero-order valence-corrected chi connectivity index (χ0v) is 19.3. The van der Waals surface area contributed by atoms with E-state index in [9.17, 15) is 0 Å². The summed E-state index contributed by atoms with van der Waals surface area (Å²) in [5, 5.41) is 10.1. The van der Waals surface area contributed by atoms with Crippen LogP contribution in [-0.2, 0) is 6.42 Å². The van der Waals surface area contributed by atoms with Crippen molar-refractivity contribution in [1.29, 1.82) is 0 Å². The number of nitrogens with zero attached hydrogens (tertiary/aromatic N) is 2. The SMILES string of the molecule is CN=C(NCCc1csc(-c2ccccc2)n1)NCC1(C)CCCS1.I. The zero-order valence-electron chi connectivity index (χ0n) is 15.3. The fourth-order valence-electron chi connectivity index (χ4n) is 2.91. The Balaban J connectivity index is 0.00000243. The van der Waals surface area contributed by atoms with Gasteiger partial charge in [-0.1, -0.05) is 30.3 Å². The van der Waals surface area contributed by atoms with E-state index in [0.717, 1.165) is 36.2 Å². The average Bonchev–Trinajstić information content (AvgIpc) is 3.28.